The van der Waals surface area contributed by atoms with Crippen LogP contribution in [0.15, 0.2) is 36.7 Å². The average molecular weight is 368 g/mol. The molecule has 1 aromatic carbocycles. The van der Waals surface area contributed by atoms with Gasteiger partial charge in [0.1, 0.15) is 11.3 Å². The summed E-state index contributed by atoms with van der Waals surface area (Å²) >= 11 is 0. The number of benzene rings is 1. The van der Waals surface area contributed by atoms with E-state index in [9.17, 15) is 4.79 Å². The molecule has 2 aromatic rings. The fraction of sp³-hybridized carbons (Fsp3) is 0.524. The third kappa shape index (κ3) is 3.34. The Morgan fingerprint density at radius 3 is 2.74 bits per heavy atom. The van der Waals surface area contributed by atoms with E-state index in [2.05, 4.69) is 22.1 Å². The Balaban J connectivity index is 1.57. The number of hydrogen-bond acceptors (Lipinski definition) is 4. The lowest BCUT2D eigenvalue weighted by Crippen LogP contribution is -2.58. The van der Waals surface area contributed by atoms with E-state index in [0.29, 0.717) is 12.5 Å². The van der Waals surface area contributed by atoms with Gasteiger partial charge in [0.2, 0.25) is 5.91 Å². The number of ether oxygens (including phenoxy) is 1. The van der Waals surface area contributed by atoms with Crippen LogP contribution in [0.5, 0.6) is 5.75 Å². The van der Waals surface area contributed by atoms with Gasteiger partial charge in [-0.15, -0.1) is 0 Å². The van der Waals surface area contributed by atoms with Crippen LogP contribution in [-0.4, -0.2) is 58.3 Å². The van der Waals surface area contributed by atoms with Gasteiger partial charge in [0.15, 0.2) is 0 Å². The zero-order chi connectivity index (χ0) is 18.9. The number of carbonyl (C=O) groups is 1. The molecule has 1 aromatic heterocycles. The molecule has 6 heteroatoms. The summed E-state index contributed by atoms with van der Waals surface area (Å²) in [5.74, 6) is 1.18. The Kier molecular flexibility index (Phi) is 4.91. The zero-order valence-electron chi connectivity index (χ0n) is 16.2. The summed E-state index contributed by atoms with van der Waals surface area (Å²) in [6.07, 6.45) is 7.88. The van der Waals surface area contributed by atoms with Crippen molar-refractivity contribution in [1.29, 1.82) is 0 Å². The number of piperidine rings is 1. The minimum absolute atomic E-state index is 0.297. The molecule has 2 fully saturated rings. The fourth-order valence-electron chi connectivity index (χ4n) is 4.71. The highest BCUT2D eigenvalue weighted by molar-refractivity contribution is 5.87. The summed E-state index contributed by atoms with van der Waals surface area (Å²) in [6, 6.07) is 8.28. The van der Waals surface area contributed by atoms with E-state index >= 15 is 0 Å². The second-order valence-electron chi connectivity index (χ2n) is 7.74. The number of carbonyl (C=O) groups excluding carboxylic acids is 1. The van der Waals surface area contributed by atoms with Gasteiger partial charge < -0.3 is 9.64 Å². The van der Waals surface area contributed by atoms with Gasteiger partial charge in [-0.2, -0.15) is 5.10 Å². The van der Waals surface area contributed by atoms with Crippen LogP contribution in [0.4, 0.5) is 0 Å². The molecule has 3 heterocycles. The van der Waals surface area contributed by atoms with Gasteiger partial charge >= 0.3 is 0 Å². The second kappa shape index (κ2) is 7.35. The lowest BCUT2D eigenvalue weighted by Gasteiger charge is -2.43. The van der Waals surface area contributed by atoms with Gasteiger partial charge in [0.25, 0.3) is 0 Å². The lowest BCUT2D eigenvalue weighted by molar-refractivity contribution is -0.146. The number of rotatable bonds is 5. The number of likely N-dealkylation sites (tertiary alicyclic amines) is 2. The van der Waals surface area contributed by atoms with Crippen LogP contribution in [0.1, 0.15) is 36.8 Å². The molecular formula is C21H28N4O2. The largest absolute Gasteiger partial charge is 0.496 e. The summed E-state index contributed by atoms with van der Waals surface area (Å²) in [5.41, 5.74) is 2.04. The van der Waals surface area contributed by atoms with Gasteiger partial charge in [-0.1, -0.05) is 6.07 Å². The summed E-state index contributed by atoms with van der Waals surface area (Å²) in [7, 11) is 3.64. The average Bonchev–Trinajstić information content (AvgIpc) is 3.31. The van der Waals surface area contributed by atoms with Crippen LogP contribution in [0.2, 0.25) is 0 Å². The third-order valence-corrected chi connectivity index (χ3v) is 6.06. The first-order chi connectivity index (χ1) is 13.1. The van der Waals surface area contributed by atoms with E-state index in [-0.39, 0.29) is 5.54 Å². The van der Waals surface area contributed by atoms with Crippen molar-refractivity contribution in [3.63, 3.8) is 0 Å². The molecule has 0 saturated carbocycles. The van der Waals surface area contributed by atoms with Crippen LogP contribution in [0.25, 0.3) is 0 Å². The summed E-state index contributed by atoms with van der Waals surface area (Å²) in [4.78, 5) is 17.3. The molecule has 0 bridgehead atoms. The molecule has 0 radical (unpaired) electrons. The molecule has 6 nitrogen and oxygen atoms in total. The minimum Gasteiger partial charge on any atom is -0.496 e. The first-order valence-corrected chi connectivity index (χ1v) is 9.76. The molecule has 0 N–H and O–H groups in total. The number of amides is 1. The Bertz CT molecular complexity index is 805. The van der Waals surface area contributed by atoms with Gasteiger partial charge in [0.05, 0.1) is 13.7 Å². The first kappa shape index (κ1) is 18.0. The summed E-state index contributed by atoms with van der Waals surface area (Å²) in [5, 5.41) is 4.31. The number of methoxy groups -OCH3 is 1. The highest BCUT2D eigenvalue weighted by Gasteiger charge is 2.49. The Labute approximate surface area is 160 Å². The molecule has 4 rings (SSSR count). The third-order valence-electron chi connectivity index (χ3n) is 6.06. The Hall–Kier alpha value is -2.34. The highest BCUT2D eigenvalue weighted by Crippen LogP contribution is 2.39. The molecule has 2 aliphatic heterocycles. The standard InChI is InChI=1S/C21H28N4O2/c1-23-11-3-8-21(20(23)26)9-4-12-24(21)15-17-6-7-19(27-2)18(14-17)16-25-13-5-10-22-25/h5-7,10,13-14H,3-4,8-9,11-12,15-16H2,1-2H3. The van der Waals surface area contributed by atoms with E-state index in [1.807, 2.05) is 35.0 Å². The van der Waals surface area contributed by atoms with Gasteiger partial charge in [0, 0.05) is 38.1 Å². The van der Waals surface area contributed by atoms with Gasteiger partial charge in [-0.05, 0) is 56.0 Å². The lowest BCUT2D eigenvalue weighted by atomic mass is 9.85. The van der Waals surface area contributed by atoms with Crippen LogP contribution in [0, 0.1) is 0 Å². The number of likely N-dealkylation sites (N-methyl/N-ethyl adjacent to an activating group) is 1. The molecule has 2 aliphatic rings. The zero-order valence-corrected chi connectivity index (χ0v) is 16.2. The maximum atomic E-state index is 13.0. The number of hydrogen-bond donors (Lipinski definition) is 0. The smallest absolute Gasteiger partial charge is 0.242 e. The molecule has 1 unspecified atom stereocenters. The number of aromatic nitrogens is 2. The van der Waals surface area contributed by atoms with Crippen LogP contribution in [-0.2, 0) is 17.9 Å². The topological polar surface area (TPSA) is 50.6 Å². The molecule has 0 aliphatic carbocycles. The Morgan fingerprint density at radius 1 is 1.19 bits per heavy atom. The maximum absolute atomic E-state index is 13.0. The van der Waals surface area contributed by atoms with Crippen molar-refractivity contribution in [3.05, 3.63) is 47.8 Å². The van der Waals surface area contributed by atoms with E-state index in [4.69, 9.17) is 4.74 Å². The predicted molar refractivity (Wildman–Crippen MR) is 104 cm³/mol. The predicted octanol–water partition coefficient (Wildman–Crippen LogP) is 2.53. The Morgan fingerprint density at radius 2 is 2.00 bits per heavy atom. The normalized spacial score (nSPS) is 23.3. The van der Waals surface area contributed by atoms with Crippen LogP contribution in [0.3, 0.4) is 0 Å². The molecule has 1 amide bonds. The monoisotopic (exact) mass is 368 g/mol. The fourth-order valence-corrected chi connectivity index (χ4v) is 4.71. The molecule has 2 saturated heterocycles. The number of nitrogens with zero attached hydrogens (tertiary/aromatic N) is 4. The van der Waals surface area contributed by atoms with Crippen molar-refractivity contribution in [1.82, 2.24) is 19.6 Å². The van der Waals surface area contributed by atoms with Crippen LogP contribution < -0.4 is 4.74 Å². The van der Waals surface area contributed by atoms with Crippen LogP contribution >= 0.6 is 0 Å². The van der Waals surface area contributed by atoms with Crippen molar-refractivity contribution in [3.8, 4) is 5.75 Å². The summed E-state index contributed by atoms with van der Waals surface area (Å²) < 4.78 is 7.45. The van der Waals surface area contributed by atoms with E-state index in [1.165, 1.54) is 5.56 Å². The first-order valence-electron chi connectivity index (χ1n) is 9.76. The quantitative estimate of drug-likeness (QED) is 0.814. The van der Waals surface area contributed by atoms with Crippen molar-refractivity contribution in [2.75, 3.05) is 27.2 Å². The maximum Gasteiger partial charge on any atom is 0.242 e. The molecule has 1 spiro atoms. The van der Waals surface area contributed by atoms with E-state index in [1.54, 1.807) is 13.3 Å². The van der Waals surface area contributed by atoms with Crippen molar-refractivity contribution in [2.45, 2.75) is 44.3 Å². The molecular weight excluding hydrogens is 340 g/mol. The van der Waals surface area contributed by atoms with Gasteiger partial charge in [-0.3, -0.25) is 14.4 Å². The molecule has 1 atom stereocenters. The molecule has 144 valence electrons. The minimum atomic E-state index is -0.297. The van der Waals surface area contributed by atoms with Crippen molar-refractivity contribution in [2.24, 2.45) is 0 Å². The van der Waals surface area contributed by atoms with E-state index < -0.39 is 0 Å². The SMILES string of the molecule is COc1ccc(CN2CCCC23CCCN(C)C3=O)cc1Cn1cccn1. The highest BCUT2D eigenvalue weighted by atomic mass is 16.5. The summed E-state index contributed by atoms with van der Waals surface area (Å²) in [6.45, 7) is 3.34. The van der Waals surface area contributed by atoms with Crippen molar-refractivity contribution < 1.29 is 9.53 Å². The molecule has 27 heavy (non-hydrogen) atoms. The van der Waals surface area contributed by atoms with Crippen molar-refractivity contribution >= 4 is 5.91 Å². The second-order valence-corrected chi connectivity index (χ2v) is 7.74. The van der Waals surface area contributed by atoms with Gasteiger partial charge in [-0.25, -0.2) is 0 Å². The van der Waals surface area contributed by atoms with E-state index in [0.717, 1.165) is 56.6 Å².